The van der Waals surface area contributed by atoms with Gasteiger partial charge in [0, 0.05) is 26.7 Å². The van der Waals surface area contributed by atoms with Crippen LogP contribution in [0.3, 0.4) is 0 Å². The largest absolute Gasteiger partial charge is 0.468 e. The van der Waals surface area contributed by atoms with Gasteiger partial charge in [-0.05, 0) is 25.8 Å². The van der Waals surface area contributed by atoms with E-state index in [1.807, 2.05) is 13.8 Å². The van der Waals surface area contributed by atoms with Gasteiger partial charge in [-0.25, -0.2) is 0 Å². The molecule has 0 aliphatic rings. The van der Waals surface area contributed by atoms with Crippen LogP contribution in [0, 0.1) is 5.92 Å². The number of hydrogen-bond acceptors (Lipinski definition) is 5. The van der Waals surface area contributed by atoms with Crippen LogP contribution < -0.4 is 5.32 Å². The summed E-state index contributed by atoms with van der Waals surface area (Å²) in [5.74, 6) is 0.394. The fourth-order valence-electron chi connectivity index (χ4n) is 2.29. The summed E-state index contributed by atoms with van der Waals surface area (Å²) in [6.45, 7) is 12.5. The quantitative estimate of drug-likeness (QED) is 0.584. The number of hydrogen-bond donors (Lipinski definition) is 1. The van der Waals surface area contributed by atoms with Gasteiger partial charge in [0.05, 0.1) is 13.7 Å². The summed E-state index contributed by atoms with van der Waals surface area (Å²) in [4.78, 5) is 14.3. The first-order valence-corrected chi connectivity index (χ1v) is 7.44. The summed E-state index contributed by atoms with van der Waals surface area (Å²) >= 11 is 0. The summed E-state index contributed by atoms with van der Waals surface area (Å²) in [6.07, 6.45) is 0.726. The van der Waals surface area contributed by atoms with E-state index in [1.54, 1.807) is 7.11 Å². The summed E-state index contributed by atoms with van der Waals surface area (Å²) in [5, 5.41) is 3.24. The Morgan fingerprint density at radius 3 is 2.40 bits per heavy atom. The van der Waals surface area contributed by atoms with Crippen LogP contribution in [-0.4, -0.2) is 63.4 Å². The third kappa shape index (κ3) is 7.22. The highest BCUT2D eigenvalue weighted by atomic mass is 16.5. The first-order valence-electron chi connectivity index (χ1n) is 7.44. The molecule has 1 N–H and O–H groups in total. The molecular formula is C15H32N2O3. The highest BCUT2D eigenvalue weighted by Gasteiger charge is 2.33. The number of carbonyl (C=O) groups is 1. The first kappa shape index (κ1) is 19.4. The second-order valence-corrected chi connectivity index (χ2v) is 5.79. The monoisotopic (exact) mass is 288 g/mol. The van der Waals surface area contributed by atoms with Crippen LogP contribution in [0.5, 0.6) is 0 Å². The first-order chi connectivity index (χ1) is 9.39. The van der Waals surface area contributed by atoms with Gasteiger partial charge >= 0.3 is 5.97 Å². The van der Waals surface area contributed by atoms with Crippen molar-refractivity contribution in [2.75, 3.05) is 47.0 Å². The molecule has 0 heterocycles. The zero-order valence-corrected chi connectivity index (χ0v) is 14.0. The number of nitrogens with zero attached hydrogens (tertiary/aromatic N) is 1. The Bertz CT molecular complexity index is 272. The zero-order valence-electron chi connectivity index (χ0n) is 14.0. The van der Waals surface area contributed by atoms with Gasteiger partial charge in [-0.2, -0.15) is 0 Å². The Kier molecular flexibility index (Phi) is 9.80. The molecule has 0 amide bonds. The van der Waals surface area contributed by atoms with Crippen LogP contribution in [0.15, 0.2) is 0 Å². The molecular weight excluding hydrogens is 256 g/mol. The topological polar surface area (TPSA) is 50.8 Å². The predicted octanol–water partition coefficient (Wildman–Crippen LogP) is 1.52. The standard InChI is InChI=1S/C15H32N2O3/c1-7-16-15(4,14(18)20-6)8-9-17(10-11-19-5)12-13(2)3/h13,16H,7-12H2,1-6H3. The molecule has 0 aromatic rings. The van der Waals surface area contributed by atoms with E-state index in [1.165, 1.54) is 7.11 Å². The summed E-state index contributed by atoms with van der Waals surface area (Å²) < 4.78 is 10.1. The van der Waals surface area contributed by atoms with E-state index in [0.29, 0.717) is 12.5 Å². The lowest BCUT2D eigenvalue weighted by Gasteiger charge is -2.31. The van der Waals surface area contributed by atoms with Gasteiger partial charge in [0.15, 0.2) is 0 Å². The third-order valence-electron chi connectivity index (χ3n) is 3.37. The molecule has 0 aliphatic carbocycles. The minimum absolute atomic E-state index is 0.199. The van der Waals surface area contributed by atoms with Crippen LogP contribution in [-0.2, 0) is 14.3 Å². The Morgan fingerprint density at radius 2 is 1.95 bits per heavy atom. The van der Waals surface area contributed by atoms with Gasteiger partial charge in [0.2, 0.25) is 0 Å². The average Bonchev–Trinajstić information content (AvgIpc) is 2.40. The van der Waals surface area contributed by atoms with Gasteiger partial charge in [-0.15, -0.1) is 0 Å². The second kappa shape index (κ2) is 10.1. The van der Waals surface area contributed by atoms with Crippen molar-refractivity contribution in [2.24, 2.45) is 5.92 Å². The van der Waals surface area contributed by atoms with E-state index >= 15 is 0 Å². The Balaban J connectivity index is 4.55. The van der Waals surface area contributed by atoms with Gasteiger partial charge in [-0.3, -0.25) is 4.79 Å². The number of nitrogens with one attached hydrogen (secondary N) is 1. The van der Waals surface area contributed by atoms with Crippen LogP contribution in [0.1, 0.15) is 34.1 Å². The molecule has 0 saturated heterocycles. The summed E-state index contributed by atoms with van der Waals surface area (Å²) in [6, 6.07) is 0. The van der Waals surface area contributed by atoms with Crippen molar-refractivity contribution < 1.29 is 14.3 Å². The van der Waals surface area contributed by atoms with Gasteiger partial charge in [-0.1, -0.05) is 20.8 Å². The van der Waals surface area contributed by atoms with Gasteiger partial charge < -0.3 is 19.7 Å². The van der Waals surface area contributed by atoms with Crippen molar-refractivity contribution in [1.82, 2.24) is 10.2 Å². The van der Waals surface area contributed by atoms with Gasteiger partial charge in [0.1, 0.15) is 5.54 Å². The van der Waals surface area contributed by atoms with Crippen molar-refractivity contribution in [3.05, 3.63) is 0 Å². The summed E-state index contributed by atoms with van der Waals surface area (Å²) in [5.41, 5.74) is -0.619. The number of rotatable bonds is 11. The Morgan fingerprint density at radius 1 is 1.30 bits per heavy atom. The molecule has 1 unspecified atom stereocenters. The van der Waals surface area contributed by atoms with E-state index < -0.39 is 5.54 Å². The molecule has 0 aromatic carbocycles. The molecule has 0 saturated carbocycles. The second-order valence-electron chi connectivity index (χ2n) is 5.79. The molecule has 0 radical (unpaired) electrons. The molecule has 5 heteroatoms. The van der Waals surface area contributed by atoms with Crippen molar-refractivity contribution in [2.45, 2.75) is 39.7 Å². The molecule has 0 bridgehead atoms. The molecule has 0 rings (SSSR count). The molecule has 0 spiro atoms. The minimum atomic E-state index is -0.619. The maximum absolute atomic E-state index is 11.9. The molecule has 0 aromatic heterocycles. The molecule has 0 fully saturated rings. The van der Waals surface area contributed by atoms with E-state index in [9.17, 15) is 4.79 Å². The third-order valence-corrected chi connectivity index (χ3v) is 3.37. The summed E-state index contributed by atoms with van der Waals surface area (Å²) in [7, 11) is 3.15. The molecule has 120 valence electrons. The lowest BCUT2D eigenvalue weighted by atomic mass is 9.97. The van der Waals surface area contributed by atoms with Crippen molar-refractivity contribution in [1.29, 1.82) is 0 Å². The zero-order chi connectivity index (χ0) is 15.6. The number of methoxy groups -OCH3 is 2. The van der Waals surface area contributed by atoms with Crippen LogP contribution in [0.25, 0.3) is 0 Å². The molecule has 1 atom stereocenters. The number of ether oxygens (including phenoxy) is 2. The fraction of sp³-hybridized carbons (Fsp3) is 0.933. The van der Waals surface area contributed by atoms with Crippen LogP contribution >= 0.6 is 0 Å². The SMILES string of the molecule is CCNC(C)(CCN(CCOC)CC(C)C)C(=O)OC. The maximum atomic E-state index is 11.9. The van der Waals surface area contributed by atoms with Gasteiger partial charge in [0.25, 0.3) is 0 Å². The molecule has 0 aliphatic heterocycles. The van der Waals surface area contributed by atoms with Crippen molar-refractivity contribution in [3.8, 4) is 0 Å². The highest BCUT2D eigenvalue weighted by Crippen LogP contribution is 2.13. The lowest BCUT2D eigenvalue weighted by Crippen LogP contribution is -2.52. The Hall–Kier alpha value is -0.650. The van der Waals surface area contributed by atoms with E-state index in [0.717, 1.165) is 32.6 Å². The minimum Gasteiger partial charge on any atom is -0.468 e. The number of likely N-dealkylation sites (N-methyl/N-ethyl adjacent to an activating group) is 1. The maximum Gasteiger partial charge on any atom is 0.325 e. The number of esters is 1. The lowest BCUT2D eigenvalue weighted by molar-refractivity contribution is -0.148. The van der Waals surface area contributed by atoms with Crippen LogP contribution in [0.4, 0.5) is 0 Å². The average molecular weight is 288 g/mol. The Labute approximate surface area is 124 Å². The normalized spacial score (nSPS) is 14.6. The van der Waals surface area contributed by atoms with E-state index in [2.05, 4.69) is 24.1 Å². The van der Waals surface area contributed by atoms with Crippen molar-refractivity contribution in [3.63, 3.8) is 0 Å². The predicted molar refractivity (Wildman–Crippen MR) is 81.9 cm³/mol. The molecule has 5 nitrogen and oxygen atoms in total. The van der Waals surface area contributed by atoms with E-state index in [-0.39, 0.29) is 5.97 Å². The molecule has 20 heavy (non-hydrogen) atoms. The van der Waals surface area contributed by atoms with E-state index in [4.69, 9.17) is 9.47 Å². The highest BCUT2D eigenvalue weighted by molar-refractivity contribution is 5.80. The fourth-order valence-corrected chi connectivity index (χ4v) is 2.29. The van der Waals surface area contributed by atoms with Crippen LogP contribution in [0.2, 0.25) is 0 Å². The van der Waals surface area contributed by atoms with Crippen molar-refractivity contribution >= 4 is 5.97 Å². The smallest absolute Gasteiger partial charge is 0.325 e. The number of carbonyl (C=O) groups excluding carboxylic acids is 1.